The minimum atomic E-state index is -0.640. The summed E-state index contributed by atoms with van der Waals surface area (Å²) in [6.45, 7) is 10.2. The number of hydrogen-bond donors (Lipinski definition) is 2. The molecule has 2 nitrogen and oxygen atoms in total. The van der Waals surface area contributed by atoms with Crippen molar-refractivity contribution in [2.45, 2.75) is 33.8 Å². The summed E-state index contributed by atoms with van der Waals surface area (Å²) < 4.78 is 0. The second-order valence-corrected chi connectivity index (χ2v) is 6.95. The first kappa shape index (κ1) is 16.8. The lowest BCUT2D eigenvalue weighted by Crippen LogP contribution is -2.32. The summed E-state index contributed by atoms with van der Waals surface area (Å²) in [5, 5.41) is 14.5. The summed E-state index contributed by atoms with van der Waals surface area (Å²) >= 11 is 12.0. The first-order valence-electron chi connectivity index (χ1n) is 6.55. The van der Waals surface area contributed by atoms with E-state index in [-0.39, 0.29) is 5.41 Å². The molecule has 19 heavy (non-hydrogen) atoms. The molecule has 1 rings (SSSR count). The minimum Gasteiger partial charge on any atom is -0.387 e. The predicted octanol–water partition coefficient (Wildman–Crippen LogP) is 4.30. The Morgan fingerprint density at radius 1 is 1.21 bits per heavy atom. The second-order valence-electron chi connectivity index (χ2n) is 6.11. The van der Waals surface area contributed by atoms with Crippen molar-refractivity contribution >= 4 is 23.2 Å². The highest BCUT2D eigenvalue weighted by atomic mass is 35.5. The van der Waals surface area contributed by atoms with Crippen LogP contribution in [0.4, 0.5) is 0 Å². The molecule has 0 heterocycles. The van der Waals surface area contributed by atoms with Gasteiger partial charge < -0.3 is 10.4 Å². The molecule has 4 heteroatoms. The number of aliphatic hydroxyl groups excluding tert-OH is 1. The van der Waals surface area contributed by atoms with Crippen molar-refractivity contribution in [1.82, 2.24) is 5.32 Å². The Kier molecular flexibility index (Phi) is 6.13. The normalized spacial score (nSPS) is 15.3. The summed E-state index contributed by atoms with van der Waals surface area (Å²) in [7, 11) is 0. The fourth-order valence-corrected chi connectivity index (χ4v) is 2.05. The average Bonchev–Trinajstić information content (AvgIpc) is 2.30. The molecule has 108 valence electrons. The maximum Gasteiger partial charge on any atom is 0.0929 e. The van der Waals surface area contributed by atoms with E-state index in [1.165, 1.54) is 0 Å². The highest BCUT2D eigenvalue weighted by Gasteiger charge is 2.20. The van der Waals surface area contributed by atoms with Crippen molar-refractivity contribution in [3.8, 4) is 0 Å². The van der Waals surface area contributed by atoms with Gasteiger partial charge in [0, 0.05) is 22.2 Å². The maximum atomic E-state index is 10.1. The number of halogens is 2. The third-order valence-corrected chi connectivity index (χ3v) is 4.16. The SMILES string of the molecule is CC(CNCC(O)c1cc(Cl)ccc1Cl)C(C)(C)C. The lowest BCUT2D eigenvalue weighted by molar-refractivity contribution is 0.166. The third-order valence-electron chi connectivity index (χ3n) is 3.58. The van der Waals surface area contributed by atoms with Gasteiger partial charge in [0.15, 0.2) is 0 Å². The van der Waals surface area contributed by atoms with Gasteiger partial charge in [-0.05, 0) is 36.1 Å². The summed E-state index contributed by atoms with van der Waals surface area (Å²) in [5.41, 5.74) is 0.927. The van der Waals surface area contributed by atoms with Crippen molar-refractivity contribution in [3.63, 3.8) is 0 Å². The molecule has 0 fully saturated rings. The largest absolute Gasteiger partial charge is 0.387 e. The molecule has 2 unspecified atom stereocenters. The minimum absolute atomic E-state index is 0.256. The molecule has 0 aliphatic rings. The Balaban J connectivity index is 2.52. The molecule has 1 aromatic carbocycles. The smallest absolute Gasteiger partial charge is 0.0929 e. The number of nitrogens with one attached hydrogen (secondary N) is 1. The Morgan fingerprint density at radius 2 is 1.84 bits per heavy atom. The summed E-state index contributed by atoms with van der Waals surface area (Å²) in [4.78, 5) is 0. The molecule has 1 aromatic rings. The molecule has 0 amide bonds. The van der Waals surface area contributed by atoms with Crippen LogP contribution in [-0.4, -0.2) is 18.2 Å². The second kappa shape index (κ2) is 6.94. The maximum absolute atomic E-state index is 10.1. The van der Waals surface area contributed by atoms with E-state index in [2.05, 4.69) is 33.0 Å². The molecule has 2 N–H and O–H groups in total. The van der Waals surface area contributed by atoms with Gasteiger partial charge in [-0.25, -0.2) is 0 Å². The van der Waals surface area contributed by atoms with Gasteiger partial charge in [0.1, 0.15) is 0 Å². The van der Waals surface area contributed by atoms with E-state index in [4.69, 9.17) is 23.2 Å². The summed E-state index contributed by atoms with van der Waals surface area (Å²) in [6, 6.07) is 5.14. The van der Waals surface area contributed by atoms with Crippen LogP contribution in [-0.2, 0) is 0 Å². The Bertz CT molecular complexity index is 415. The van der Waals surface area contributed by atoms with Crippen LogP contribution < -0.4 is 5.32 Å². The van der Waals surface area contributed by atoms with Crippen molar-refractivity contribution in [1.29, 1.82) is 0 Å². The van der Waals surface area contributed by atoms with E-state index in [0.717, 1.165) is 6.54 Å². The quantitative estimate of drug-likeness (QED) is 0.850. The van der Waals surface area contributed by atoms with Gasteiger partial charge in [-0.2, -0.15) is 0 Å². The van der Waals surface area contributed by atoms with Crippen LogP contribution in [0.3, 0.4) is 0 Å². The van der Waals surface area contributed by atoms with Crippen LogP contribution in [0.5, 0.6) is 0 Å². The molecular formula is C15H23Cl2NO. The van der Waals surface area contributed by atoms with Crippen molar-refractivity contribution in [2.75, 3.05) is 13.1 Å². The van der Waals surface area contributed by atoms with E-state index >= 15 is 0 Å². The van der Waals surface area contributed by atoms with Gasteiger partial charge in [-0.3, -0.25) is 0 Å². The predicted molar refractivity (Wildman–Crippen MR) is 82.9 cm³/mol. The number of hydrogen-bond acceptors (Lipinski definition) is 2. The Hall–Kier alpha value is -0.280. The van der Waals surface area contributed by atoms with Crippen LogP contribution in [0.1, 0.15) is 39.4 Å². The van der Waals surface area contributed by atoms with E-state index < -0.39 is 6.10 Å². The van der Waals surface area contributed by atoms with Gasteiger partial charge >= 0.3 is 0 Å². The molecule has 0 bridgehead atoms. The van der Waals surface area contributed by atoms with Crippen molar-refractivity contribution in [2.24, 2.45) is 11.3 Å². The molecule has 0 saturated heterocycles. The number of aliphatic hydroxyl groups is 1. The summed E-state index contributed by atoms with van der Waals surface area (Å²) in [5.74, 6) is 0.523. The van der Waals surface area contributed by atoms with Crippen LogP contribution in [0, 0.1) is 11.3 Å². The van der Waals surface area contributed by atoms with E-state index in [1.807, 2.05) is 0 Å². The lowest BCUT2D eigenvalue weighted by Gasteiger charge is -2.28. The van der Waals surface area contributed by atoms with Crippen LogP contribution in [0.15, 0.2) is 18.2 Å². The highest BCUT2D eigenvalue weighted by Crippen LogP contribution is 2.27. The van der Waals surface area contributed by atoms with Crippen LogP contribution in [0.2, 0.25) is 10.0 Å². The van der Waals surface area contributed by atoms with Gasteiger partial charge in [-0.1, -0.05) is 50.9 Å². The molecular weight excluding hydrogens is 281 g/mol. The van der Waals surface area contributed by atoms with Gasteiger partial charge in [-0.15, -0.1) is 0 Å². The molecule has 0 aliphatic carbocycles. The molecule has 0 saturated carbocycles. The molecule has 0 spiro atoms. The number of benzene rings is 1. The Labute approximate surface area is 126 Å². The summed E-state index contributed by atoms with van der Waals surface area (Å²) in [6.07, 6.45) is -0.640. The Morgan fingerprint density at radius 3 is 2.42 bits per heavy atom. The monoisotopic (exact) mass is 303 g/mol. The molecule has 0 radical (unpaired) electrons. The zero-order valence-corrected chi connectivity index (χ0v) is 13.5. The highest BCUT2D eigenvalue weighted by molar-refractivity contribution is 6.33. The third kappa shape index (κ3) is 5.31. The van der Waals surface area contributed by atoms with E-state index in [1.54, 1.807) is 18.2 Å². The van der Waals surface area contributed by atoms with Gasteiger partial charge in [0.25, 0.3) is 0 Å². The van der Waals surface area contributed by atoms with Gasteiger partial charge in [0.05, 0.1) is 6.10 Å². The van der Waals surface area contributed by atoms with Crippen LogP contribution >= 0.6 is 23.2 Å². The lowest BCUT2D eigenvalue weighted by atomic mass is 9.82. The fourth-order valence-electron chi connectivity index (χ4n) is 1.62. The molecule has 0 aromatic heterocycles. The number of rotatable bonds is 5. The zero-order chi connectivity index (χ0) is 14.6. The first-order valence-corrected chi connectivity index (χ1v) is 7.31. The van der Waals surface area contributed by atoms with Crippen LogP contribution in [0.25, 0.3) is 0 Å². The van der Waals surface area contributed by atoms with Gasteiger partial charge in [0.2, 0.25) is 0 Å². The molecule has 0 aliphatic heterocycles. The molecule has 2 atom stereocenters. The van der Waals surface area contributed by atoms with E-state index in [0.29, 0.717) is 28.1 Å². The average molecular weight is 304 g/mol. The zero-order valence-electron chi connectivity index (χ0n) is 12.0. The van der Waals surface area contributed by atoms with Crippen molar-refractivity contribution in [3.05, 3.63) is 33.8 Å². The van der Waals surface area contributed by atoms with Crippen molar-refractivity contribution < 1.29 is 5.11 Å². The standard InChI is InChI=1S/C15H23Cl2NO/c1-10(15(2,3)4)8-18-9-14(19)12-7-11(16)5-6-13(12)17/h5-7,10,14,18-19H,8-9H2,1-4H3. The van der Waals surface area contributed by atoms with E-state index in [9.17, 15) is 5.11 Å². The first-order chi connectivity index (χ1) is 8.71. The topological polar surface area (TPSA) is 32.3 Å². The fraction of sp³-hybridized carbons (Fsp3) is 0.600.